The third-order valence-corrected chi connectivity index (χ3v) is 5.66. The van der Waals surface area contributed by atoms with Crippen LogP contribution in [0, 0.1) is 6.92 Å². The number of sulfone groups is 1. The molecule has 0 radical (unpaired) electrons. The average Bonchev–Trinajstić information content (AvgIpc) is 2.65. The summed E-state index contributed by atoms with van der Waals surface area (Å²) in [4.78, 5) is 5.06. The number of aryl methyl sites for hydroxylation is 1. The average molecular weight is 529 g/mol. The van der Waals surface area contributed by atoms with E-state index in [1.54, 1.807) is 12.1 Å². The molecule has 7 heteroatoms. The van der Waals surface area contributed by atoms with Gasteiger partial charge in [0.2, 0.25) is 0 Å². The number of aliphatic imine (C=N–C) groups is 1. The van der Waals surface area contributed by atoms with Gasteiger partial charge in [-0.25, -0.2) is 8.42 Å². The molecule has 2 rings (SSSR count). The van der Waals surface area contributed by atoms with Crippen molar-refractivity contribution in [2.75, 3.05) is 25.9 Å². The molecule has 5 nitrogen and oxygen atoms in total. The zero-order chi connectivity index (χ0) is 20.6. The van der Waals surface area contributed by atoms with E-state index in [1.165, 1.54) is 17.4 Å². The van der Waals surface area contributed by atoms with Crippen LogP contribution in [0.5, 0.6) is 0 Å². The van der Waals surface area contributed by atoms with Gasteiger partial charge in [0, 0.05) is 31.8 Å². The molecule has 0 aliphatic rings. The van der Waals surface area contributed by atoms with Crippen LogP contribution in [-0.4, -0.2) is 40.3 Å². The van der Waals surface area contributed by atoms with Crippen molar-refractivity contribution in [3.8, 4) is 0 Å². The molecule has 0 fully saturated rings. The summed E-state index contributed by atoms with van der Waals surface area (Å²) in [6, 6.07) is 15.6. The number of halogens is 1. The Labute approximate surface area is 192 Å². The predicted molar refractivity (Wildman–Crippen MR) is 132 cm³/mol. The Hall–Kier alpha value is -1.61. The number of hydrogen-bond donors (Lipinski definition) is 2. The summed E-state index contributed by atoms with van der Waals surface area (Å²) in [5.74, 6) is 1.15. The summed E-state index contributed by atoms with van der Waals surface area (Å²) in [6.07, 6.45) is 2.02. The minimum Gasteiger partial charge on any atom is -0.357 e. The summed E-state index contributed by atoms with van der Waals surface area (Å²) in [6.45, 7) is 8.57. The van der Waals surface area contributed by atoms with E-state index >= 15 is 0 Å². The molecule has 29 heavy (non-hydrogen) atoms. The molecule has 1 unspecified atom stereocenters. The molecule has 0 heterocycles. The normalized spacial score (nSPS) is 12.8. The van der Waals surface area contributed by atoms with Crippen LogP contribution in [0.15, 0.2) is 58.4 Å². The molecule has 0 aliphatic carbocycles. The van der Waals surface area contributed by atoms with Gasteiger partial charge in [0.05, 0.1) is 4.90 Å². The van der Waals surface area contributed by atoms with Crippen molar-refractivity contribution in [3.05, 3.63) is 65.2 Å². The van der Waals surface area contributed by atoms with Gasteiger partial charge in [-0.1, -0.05) is 48.9 Å². The highest BCUT2D eigenvalue weighted by atomic mass is 127. The van der Waals surface area contributed by atoms with E-state index in [0.717, 1.165) is 31.0 Å². The Morgan fingerprint density at radius 1 is 1.10 bits per heavy atom. The summed E-state index contributed by atoms with van der Waals surface area (Å²) >= 11 is 0. The van der Waals surface area contributed by atoms with Gasteiger partial charge >= 0.3 is 0 Å². The molecule has 160 valence electrons. The summed E-state index contributed by atoms with van der Waals surface area (Å²) < 4.78 is 23.1. The quantitative estimate of drug-likeness (QED) is 0.309. The van der Waals surface area contributed by atoms with E-state index in [9.17, 15) is 8.42 Å². The standard InChI is InChI=1S/C22H31N3O2S.HI/c1-5-23-22(25-16-18(3)20-8-6-7-17(2)15-20)24-14-13-19-9-11-21(12-10-19)28(4,26)27;/h6-12,15,18H,5,13-14,16H2,1-4H3,(H2,23,24,25);1H. The zero-order valence-electron chi connectivity index (χ0n) is 17.6. The third-order valence-electron chi connectivity index (χ3n) is 4.54. The Balaban J connectivity index is 0.00000420. The lowest BCUT2D eigenvalue weighted by Crippen LogP contribution is -2.38. The second-order valence-corrected chi connectivity index (χ2v) is 9.14. The maximum atomic E-state index is 11.5. The molecule has 0 saturated heterocycles. The number of rotatable bonds is 8. The van der Waals surface area contributed by atoms with Crippen LogP contribution in [0.4, 0.5) is 0 Å². The first-order valence-electron chi connectivity index (χ1n) is 9.67. The van der Waals surface area contributed by atoms with Gasteiger partial charge in [0.1, 0.15) is 0 Å². The largest absolute Gasteiger partial charge is 0.357 e. The predicted octanol–water partition coefficient (Wildman–Crippen LogP) is 3.92. The van der Waals surface area contributed by atoms with E-state index < -0.39 is 9.84 Å². The van der Waals surface area contributed by atoms with Gasteiger partial charge in [-0.2, -0.15) is 0 Å². The first kappa shape index (κ1) is 25.4. The van der Waals surface area contributed by atoms with E-state index in [2.05, 4.69) is 48.7 Å². The fraction of sp³-hybridized carbons (Fsp3) is 0.409. The highest BCUT2D eigenvalue weighted by Gasteiger charge is 2.07. The highest BCUT2D eigenvalue weighted by Crippen LogP contribution is 2.16. The molecule has 2 N–H and O–H groups in total. The van der Waals surface area contributed by atoms with Crippen LogP contribution in [0.1, 0.15) is 36.5 Å². The summed E-state index contributed by atoms with van der Waals surface area (Å²) in [5.41, 5.74) is 3.65. The Morgan fingerprint density at radius 3 is 2.38 bits per heavy atom. The SMILES string of the molecule is CCNC(=NCC(C)c1cccc(C)c1)NCCc1ccc(S(C)(=O)=O)cc1.I. The van der Waals surface area contributed by atoms with Crippen LogP contribution < -0.4 is 10.6 Å². The minimum absolute atomic E-state index is 0. The molecular formula is C22H32IN3O2S. The second-order valence-electron chi connectivity index (χ2n) is 7.13. The van der Waals surface area contributed by atoms with Gasteiger partial charge in [0.25, 0.3) is 0 Å². The van der Waals surface area contributed by atoms with Crippen molar-refractivity contribution >= 4 is 39.8 Å². The molecule has 0 aliphatic heterocycles. The minimum atomic E-state index is -3.15. The van der Waals surface area contributed by atoms with Crippen LogP contribution in [0.2, 0.25) is 0 Å². The maximum Gasteiger partial charge on any atom is 0.191 e. The number of nitrogens with one attached hydrogen (secondary N) is 2. The lowest BCUT2D eigenvalue weighted by Gasteiger charge is -2.14. The maximum absolute atomic E-state index is 11.5. The third kappa shape index (κ3) is 8.74. The molecule has 0 amide bonds. The van der Waals surface area contributed by atoms with E-state index in [-0.39, 0.29) is 24.0 Å². The van der Waals surface area contributed by atoms with E-state index in [1.807, 2.05) is 19.1 Å². The molecular weight excluding hydrogens is 497 g/mol. The summed E-state index contributed by atoms with van der Waals surface area (Å²) in [7, 11) is -3.15. The first-order chi connectivity index (χ1) is 13.3. The number of nitrogens with zero attached hydrogens (tertiary/aromatic N) is 1. The van der Waals surface area contributed by atoms with Crippen LogP contribution in [0.25, 0.3) is 0 Å². The Morgan fingerprint density at radius 2 is 1.79 bits per heavy atom. The lowest BCUT2D eigenvalue weighted by molar-refractivity contribution is 0.602. The Bertz CT molecular complexity index is 897. The zero-order valence-corrected chi connectivity index (χ0v) is 20.8. The topological polar surface area (TPSA) is 70.6 Å². The van der Waals surface area contributed by atoms with Crippen molar-refractivity contribution in [3.63, 3.8) is 0 Å². The molecule has 0 bridgehead atoms. The molecule has 0 spiro atoms. The highest BCUT2D eigenvalue weighted by molar-refractivity contribution is 14.0. The van der Waals surface area contributed by atoms with Crippen molar-refractivity contribution in [1.29, 1.82) is 0 Å². The van der Waals surface area contributed by atoms with Gasteiger partial charge < -0.3 is 10.6 Å². The van der Waals surface area contributed by atoms with Gasteiger partial charge in [-0.05, 0) is 43.5 Å². The Kier molecular flexibility index (Phi) is 10.7. The van der Waals surface area contributed by atoms with Crippen molar-refractivity contribution in [2.45, 2.75) is 38.0 Å². The number of benzene rings is 2. The fourth-order valence-electron chi connectivity index (χ4n) is 2.88. The molecule has 0 aromatic heterocycles. The fourth-order valence-corrected chi connectivity index (χ4v) is 3.51. The van der Waals surface area contributed by atoms with Crippen LogP contribution in [0.3, 0.4) is 0 Å². The van der Waals surface area contributed by atoms with Gasteiger partial charge in [0.15, 0.2) is 15.8 Å². The molecule has 2 aromatic rings. The monoisotopic (exact) mass is 529 g/mol. The van der Waals surface area contributed by atoms with Crippen LogP contribution in [-0.2, 0) is 16.3 Å². The van der Waals surface area contributed by atoms with Crippen molar-refractivity contribution in [2.24, 2.45) is 4.99 Å². The number of hydrogen-bond acceptors (Lipinski definition) is 3. The molecule has 1 atom stereocenters. The van der Waals surface area contributed by atoms with Crippen molar-refractivity contribution in [1.82, 2.24) is 10.6 Å². The lowest BCUT2D eigenvalue weighted by atomic mass is 10.00. The van der Waals surface area contributed by atoms with Crippen LogP contribution >= 0.6 is 24.0 Å². The van der Waals surface area contributed by atoms with Crippen molar-refractivity contribution < 1.29 is 8.42 Å². The van der Waals surface area contributed by atoms with E-state index in [0.29, 0.717) is 17.4 Å². The molecule has 2 aromatic carbocycles. The van der Waals surface area contributed by atoms with Gasteiger partial charge in [-0.15, -0.1) is 24.0 Å². The molecule has 0 saturated carbocycles. The number of guanidine groups is 1. The van der Waals surface area contributed by atoms with Gasteiger partial charge in [-0.3, -0.25) is 4.99 Å². The van der Waals surface area contributed by atoms with E-state index in [4.69, 9.17) is 4.99 Å². The summed E-state index contributed by atoms with van der Waals surface area (Å²) in [5, 5.41) is 6.63. The second kappa shape index (κ2) is 12.2. The smallest absolute Gasteiger partial charge is 0.191 e. The first-order valence-corrected chi connectivity index (χ1v) is 11.6.